The zero-order chi connectivity index (χ0) is 11.1. The van der Waals surface area contributed by atoms with Crippen LogP contribution in [0.15, 0.2) is 16.8 Å². The minimum Gasteiger partial charge on any atom is -0.368 e. The summed E-state index contributed by atoms with van der Waals surface area (Å²) in [6.07, 6.45) is 1.88. The molecule has 0 aliphatic heterocycles. The molecule has 0 atom stereocenters. The van der Waals surface area contributed by atoms with Gasteiger partial charge < -0.3 is 10.3 Å². The maximum Gasteiger partial charge on any atom is 0.222 e. The van der Waals surface area contributed by atoms with Gasteiger partial charge in [0.05, 0.1) is 10.7 Å². The average Bonchev–Trinajstić information content (AvgIpc) is 2.74. The molecule has 2 N–H and O–H groups in total. The van der Waals surface area contributed by atoms with Gasteiger partial charge in [0.25, 0.3) is 0 Å². The molecule has 0 saturated carbocycles. The number of thiazole rings is 1. The molecule has 0 spiro atoms. The Balaban J connectivity index is 2.42. The van der Waals surface area contributed by atoms with Crippen molar-refractivity contribution in [1.82, 2.24) is 10.1 Å². The van der Waals surface area contributed by atoms with Gasteiger partial charge >= 0.3 is 0 Å². The van der Waals surface area contributed by atoms with Crippen LogP contribution < -0.4 is 5.73 Å². The molecular weight excluding hydrogens is 210 g/mol. The van der Waals surface area contributed by atoms with Gasteiger partial charge in [-0.25, -0.2) is 4.98 Å². The monoisotopic (exact) mass is 223 g/mol. The molecule has 0 fully saturated rings. The quantitative estimate of drug-likeness (QED) is 0.848. The van der Waals surface area contributed by atoms with E-state index in [1.807, 2.05) is 13.1 Å². The van der Waals surface area contributed by atoms with Crippen molar-refractivity contribution < 1.29 is 4.52 Å². The largest absolute Gasteiger partial charge is 0.368 e. The Hall–Kier alpha value is -1.36. The summed E-state index contributed by atoms with van der Waals surface area (Å²) in [5.74, 6) is 0.347. The summed E-state index contributed by atoms with van der Waals surface area (Å²) < 4.78 is 4.89. The maximum absolute atomic E-state index is 5.52. The first-order valence-corrected chi connectivity index (χ1v) is 5.47. The zero-order valence-electron chi connectivity index (χ0n) is 8.94. The molecule has 0 unspecified atom stereocenters. The number of anilines is 1. The van der Waals surface area contributed by atoms with Crippen LogP contribution in [0.2, 0.25) is 0 Å². The fourth-order valence-corrected chi connectivity index (χ4v) is 2.25. The number of hydrogen-bond acceptors (Lipinski definition) is 5. The van der Waals surface area contributed by atoms with E-state index in [9.17, 15) is 0 Å². The first-order valence-electron chi connectivity index (χ1n) is 4.66. The van der Waals surface area contributed by atoms with Crippen LogP contribution in [0.3, 0.4) is 0 Å². The van der Waals surface area contributed by atoms with Crippen LogP contribution in [0.4, 0.5) is 5.88 Å². The third kappa shape index (κ3) is 1.74. The predicted octanol–water partition coefficient (Wildman–Crippen LogP) is 2.35. The number of nitrogen functional groups attached to an aromatic ring is 1. The summed E-state index contributed by atoms with van der Waals surface area (Å²) in [6.45, 7) is 6.15. The van der Waals surface area contributed by atoms with Crippen molar-refractivity contribution in [2.75, 3.05) is 5.73 Å². The van der Waals surface area contributed by atoms with E-state index in [0.29, 0.717) is 5.88 Å². The van der Waals surface area contributed by atoms with E-state index >= 15 is 0 Å². The molecule has 0 aliphatic carbocycles. The third-order valence-electron chi connectivity index (χ3n) is 2.41. The standard InChI is InChI=1S/C10H13N3OS/c1-6-12-5-8(15-6)10(2,3)7-4-9(11)14-13-7/h4-5H,11H2,1-3H3. The molecule has 0 radical (unpaired) electrons. The lowest BCUT2D eigenvalue weighted by Crippen LogP contribution is -2.17. The van der Waals surface area contributed by atoms with Gasteiger partial charge in [0.15, 0.2) is 0 Å². The lowest BCUT2D eigenvalue weighted by Gasteiger charge is -2.18. The van der Waals surface area contributed by atoms with E-state index in [-0.39, 0.29) is 5.41 Å². The molecule has 2 rings (SSSR count). The van der Waals surface area contributed by atoms with E-state index in [1.54, 1.807) is 17.4 Å². The van der Waals surface area contributed by atoms with Crippen LogP contribution in [-0.4, -0.2) is 10.1 Å². The van der Waals surface area contributed by atoms with Crippen LogP contribution in [-0.2, 0) is 5.41 Å². The Bertz CT molecular complexity index is 430. The molecule has 5 heteroatoms. The van der Waals surface area contributed by atoms with Gasteiger partial charge in [-0.1, -0.05) is 5.16 Å². The number of nitrogens with two attached hydrogens (primary N) is 1. The molecule has 4 nitrogen and oxygen atoms in total. The summed E-state index contributed by atoms with van der Waals surface area (Å²) in [7, 11) is 0. The summed E-state index contributed by atoms with van der Waals surface area (Å²) in [6, 6.07) is 1.76. The van der Waals surface area contributed by atoms with Crippen LogP contribution >= 0.6 is 11.3 Å². The molecule has 2 aromatic heterocycles. The third-order valence-corrected chi connectivity index (χ3v) is 3.64. The Labute approximate surface area is 92.1 Å². The zero-order valence-corrected chi connectivity index (χ0v) is 9.76. The van der Waals surface area contributed by atoms with Gasteiger partial charge in [0.1, 0.15) is 0 Å². The van der Waals surface area contributed by atoms with Crippen molar-refractivity contribution in [2.45, 2.75) is 26.2 Å². The maximum atomic E-state index is 5.52. The second-order valence-corrected chi connectivity index (χ2v) is 5.22. The predicted molar refractivity (Wildman–Crippen MR) is 59.9 cm³/mol. The van der Waals surface area contributed by atoms with Crippen molar-refractivity contribution in [3.8, 4) is 0 Å². The van der Waals surface area contributed by atoms with E-state index in [1.165, 1.54) is 0 Å². The fraction of sp³-hybridized carbons (Fsp3) is 0.400. The smallest absolute Gasteiger partial charge is 0.222 e. The fourth-order valence-electron chi connectivity index (χ4n) is 1.36. The van der Waals surface area contributed by atoms with Crippen molar-refractivity contribution >= 4 is 17.2 Å². The van der Waals surface area contributed by atoms with E-state index < -0.39 is 0 Å². The summed E-state index contributed by atoms with van der Waals surface area (Å²) in [5.41, 5.74) is 6.15. The number of aryl methyl sites for hydroxylation is 1. The number of hydrogen-bond donors (Lipinski definition) is 1. The van der Waals surface area contributed by atoms with Crippen molar-refractivity contribution in [3.05, 3.63) is 27.8 Å². The summed E-state index contributed by atoms with van der Waals surface area (Å²) in [5, 5.41) is 5.00. The van der Waals surface area contributed by atoms with Crippen LogP contribution in [0, 0.1) is 6.92 Å². The van der Waals surface area contributed by atoms with Gasteiger partial charge in [-0.05, 0) is 20.8 Å². The van der Waals surface area contributed by atoms with Crippen molar-refractivity contribution in [2.24, 2.45) is 0 Å². The van der Waals surface area contributed by atoms with Crippen LogP contribution in [0.25, 0.3) is 0 Å². The molecule has 0 aliphatic rings. The van der Waals surface area contributed by atoms with Gasteiger partial charge in [0.2, 0.25) is 5.88 Å². The molecule has 2 heterocycles. The highest BCUT2D eigenvalue weighted by Crippen LogP contribution is 2.34. The average molecular weight is 223 g/mol. The number of rotatable bonds is 2. The van der Waals surface area contributed by atoms with E-state index in [2.05, 4.69) is 24.0 Å². The summed E-state index contributed by atoms with van der Waals surface area (Å²) in [4.78, 5) is 5.40. The SMILES string of the molecule is Cc1ncc(C(C)(C)c2cc(N)on2)s1. The molecule has 0 amide bonds. The first kappa shape index (κ1) is 10.2. The highest BCUT2D eigenvalue weighted by molar-refractivity contribution is 7.11. The molecule has 0 bridgehead atoms. The Morgan fingerprint density at radius 1 is 1.47 bits per heavy atom. The molecule has 2 aromatic rings. The Morgan fingerprint density at radius 2 is 2.20 bits per heavy atom. The van der Waals surface area contributed by atoms with E-state index in [4.69, 9.17) is 10.3 Å². The molecule has 80 valence electrons. The molecule has 15 heavy (non-hydrogen) atoms. The van der Waals surface area contributed by atoms with Gasteiger partial charge in [-0.15, -0.1) is 11.3 Å². The first-order chi connectivity index (χ1) is 7.00. The topological polar surface area (TPSA) is 64.9 Å². The lowest BCUT2D eigenvalue weighted by atomic mass is 9.88. The highest BCUT2D eigenvalue weighted by atomic mass is 32.1. The second-order valence-electron chi connectivity index (χ2n) is 3.98. The van der Waals surface area contributed by atoms with Crippen molar-refractivity contribution in [3.63, 3.8) is 0 Å². The molecule has 0 saturated heterocycles. The number of aromatic nitrogens is 2. The minimum atomic E-state index is -0.201. The summed E-state index contributed by atoms with van der Waals surface area (Å²) >= 11 is 1.67. The normalized spacial score (nSPS) is 11.9. The van der Waals surface area contributed by atoms with Gasteiger partial charge in [-0.2, -0.15) is 0 Å². The Morgan fingerprint density at radius 3 is 2.67 bits per heavy atom. The second kappa shape index (κ2) is 3.34. The molecular formula is C10H13N3OS. The lowest BCUT2D eigenvalue weighted by molar-refractivity contribution is 0.412. The number of nitrogens with zero attached hydrogens (tertiary/aromatic N) is 2. The van der Waals surface area contributed by atoms with Crippen LogP contribution in [0.5, 0.6) is 0 Å². The van der Waals surface area contributed by atoms with Gasteiger partial charge in [-0.3, -0.25) is 0 Å². The highest BCUT2D eigenvalue weighted by Gasteiger charge is 2.28. The van der Waals surface area contributed by atoms with Crippen molar-refractivity contribution in [1.29, 1.82) is 0 Å². The Kier molecular flexibility index (Phi) is 2.26. The minimum absolute atomic E-state index is 0.201. The molecule has 0 aromatic carbocycles. The van der Waals surface area contributed by atoms with Crippen LogP contribution in [0.1, 0.15) is 29.4 Å². The van der Waals surface area contributed by atoms with Gasteiger partial charge in [0, 0.05) is 22.6 Å². The van der Waals surface area contributed by atoms with E-state index in [0.717, 1.165) is 15.6 Å².